The maximum absolute atomic E-state index is 13.4. The van der Waals surface area contributed by atoms with Crippen LogP contribution < -0.4 is 5.73 Å². The summed E-state index contributed by atoms with van der Waals surface area (Å²) < 4.78 is 26.4. The van der Waals surface area contributed by atoms with E-state index in [1.165, 1.54) is 6.07 Å². The van der Waals surface area contributed by atoms with E-state index in [4.69, 9.17) is 5.73 Å². The molecule has 0 saturated heterocycles. The van der Waals surface area contributed by atoms with Crippen molar-refractivity contribution in [3.63, 3.8) is 0 Å². The zero-order valence-electron chi connectivity index (χ0n) is 8.93. The molecule has 0 saturated carbocycles. The summed E-state index contributed by atoms with van der Waals surface area (Å²) in [7, 11) is 0. The lowest BCUT2D eigenvalue weighted by atomic mass is 10.1. The van der Waals surface area contributed by atoms with E-state index >= 15 is 0 Å². The molecular weight excluding hydrogens is 210 g/mol. The molecule has 0 aliphatic heterocycles. The van der Waals surface area contributed by atoms with Gasteiger partial charge in [0.25, 0.3) is 0 Å². The first kappa shape index (κ1) is 10.8. The summed E-state index contributed by atoms with van der Waals surface area (Å²) in [6, 6.07) is 4.38. The molecule has 2 N–H and O–H groups in total. The number of aromatic nitrogens is 1. The molecular formula is C12H12F2N2. The molecule has 1 aromatic carbocycles. The minimum absolute atomic E-state index is 0.00245. The number of rotatable bonds is 2. The molecule has 2 aromatic rings. The Labute approximate surface area is 92.1 Å². The minimum atomic E-state index is -0.938. The highest BCUT2D eigenvalue weighted by Gasteiger charge is 2.10. The van der Waals surface area contributed by atoms with Gasteiger partial charge in [0.1, 0.15) is 11.3 Å². The summed E-state index contributed by atoms with van der Waals surface area (Å²) >= 11 is 0. The molecule has 84 valence electrons. The minimum Gasteiger partial charge on any atom is -0.383 e. The Bertz CT molecular complexity index is 538. The topological polar surface area (TPSA) is 38.9 Å². The van der Waals surface area contributed by atoms with Crippen molar-refractivity contribution in [2.75, 3.05) is 5.73 Å². The van der Waals surface area contributed by atoms with Crippen LogP contribution >= 0.6 is 0 Å². The number of hydrogen-bond donors (Lipinski definition) is 1. The zero-order valence-corrected chi connectivity index (χ0v) is 8.93. The zero-order chi connectivity index (χ0) is 11.7. The van der Waals surface area contributed by atoms with E-state index in [1.807, 2.05) is 6.92 Å². The van der Waals surface area contributed by atoms with Crippen LogP contribution in [0.4, 0.5) is 14.6 Å². The third-order valence-electron chi connectivity index (χ3n) is 2.51. The first-order valence-electron chi connectivity index (χ1n) is 5.16. The predicted molar refractivity (Wildman–Crippen MR) is 60.1 cm³/mol. The quantitative estimate of drug-likeness (QED) is 0.848. The average Bonchev–Trinajstić information content (AvgIpc) is 2.26. The Kier molecular flexibility index (Phi) is 2.73. The molecule has 4 heteroatoms. The lowest BCUT2D eigenvalue weighted by molar-refractivity contribution is 0.515. The van der Waals surface area contributed by atoms with E-state index in [9.17, 15) is 8.78 Å². The van der Waals surface area contributed by atoms with Gasteiger partial charge < -0.3 is 5.73 Å². The van der Waals surface area contributed by atoms with Crippen LogP contribution in [0.2, 0.25) is 0 Å². The monoisotopic (exact) mass is 222 g/mol. The normalized spacial score (nSPS) is 10.9. The van der Waals surface area contributed by atoms with Crippen LogP contribution in [0.1, 0.15) is 18.9 Å². The van der Waals surface area contributed by atoms with Crippen molar-refractivity contribution in [3.8, 4) is 0 Å². The van der Waals surface area contributed by atoms with Gasteiger partial charge in [-0.3, -0.25) is 0 Å². The van der Waals surface area contributed by atoms with Crippen LogP contribution in [0.25, 0.3) is 10.9 Å². The van der Waals surface area contributed by atoms with Crippen molar-refractivity contribution < 1.29 is 8.78 Å². The number of halogens is 2. The standard InChI is InChI=1S/C12H12F2N2/c1-2-3-8-6-7-4-5-9(13)10(14)11(7)16-12(8)15/h4-6H,2-3H2,1H3,(H2,15,16). The molecule has 0 amide bonds. The molecule has 0 spiro atoms. The summed E-state index contributed by atoms with van der Waals surface area (Å²) in [5.74, 6) is -1.56. The Morgan fingerprint density at radius 2 is 2.06 bits per heavy atom. The van der Waals surface area contributed by atoms with Gasteiger partial charge in [-0.15, -0.1) is 0 Å². The van der Waals surface area contributed by atoms with E-state index in [1.54, 1.807) is 6.07 Å². The first-order chi connectivity index (χ1) is 7.63. The highest BCUT2D eigenvalue weighted by atomic mass is 19.2. The third-order valence-corrected chi connectivity index (χ3v) is 2.51. The highest BCUT2D eigenvalue weighted by molar-refractivity contribution is 5.82. The van der Waals surface area contributed by atoms with Crippen LogP contribution in [-0.2, 0) is 6.42 Å². The lowest BCUT2D eigenvalue weighted by Gasteiger charge is -2.06. The van der Waals surface area contributed by atoms with Crippen LogP contribution in [-0.4, -0.2) is 4.98 Å². The van der Waals surface area contributed by atoms with E-state index in [2.05, 4.69) is 4.98 Å². The van der Waals surface area contributed by atoms with Crippen molar-refractivity contribution in [2.45, 2.75) is 19.8 Å². The summed E-state index contributed by atoms with van der Waals surface area (Å²) in [5.41, 5.74) is 6.56. The third kappa shape index (κ3) is 1.71. The molecule has 0 bridgehead atoms. The van der Waals surface area contributed by atoms with Gasteiger partial charge in [-0.2, -0.15) is 0 Å². The summed E-state index contributed by atoms with van der Waals surface area (Å²) in [5, 5.41) is 0.580. The van der Waals surface area contributed by atoms with Gasteiger partial charge in [0.05, 0.1) is 0 Å². The maximum Gasteiger partial charge on any atom is 0.185 e. The van der Waals surface area contributed by atoms with Crippen molar-refractivity contribution in [3.05, 3.63) is 35.4 Å². The smallest absolute Gasteiger partial charge is 0.185 e. The van der Waals surface area contributed by atoms with Crippen LogP contribution in [0.3, 0.4) is 0 Å². The van der Waals surface area contributed by atoms with Crippen LogP contribution in [0.15, 0.2) is 18.2 Å². The van der Waals surface area contributed by atoms with Gasteiger partial charge in [0.2, 0.25) is 0 Å². The maximum atomic E-state index is 13.4. The van der Waals surface area contributed by atoms with E-state index in [0.717, 1.165) is 24.5 Å². The Hall–Kier alpha value is -1.71. The Morgan fingerprint density at radius 3 is 2.75 bits per heavy atom. The van der Waals surface area contributed by atoms with Crippen molar-refractivity contribution >= 4 is 16.7 Å². The van der Waals surface area contributed by atoms with Gasteiger partial charge in [-0.05, 0) is 30.2 Å². The number of nitrogen functional groups attached to an aromatic ring is 1. The molecule has 1 aromatic heterocycles. The van der Waals surface area contributed by atoms with Gasteiger partial charge >= 0.3 is 0 Å². The predicted octanol–water partition coefficient (Wildman–Crippen LogP) is 3.05. The molecule has 0 radical (unpaired) electrons. The Morgan fingerprint density at radius 1 is 1.31 bits per heavy atom. The van der Waals surface area contributed by atoms with Crippen molar-refractivity contribution in [1.82, 2.24) is 4.98 Å². The van der Waals surface area contributed by atoms with Crippen LogP contribution in [0.5, 0.6) is 0 Å². The molecule has 0 aliphatic rings. The summed E-state index contributed by atoms with van der Waals surface area (Å²) in [4.78, 5) is 3.92. The van der Waals surface area contributed by atoms with Gasteiger partial charge in [-0.1, -0.05) is 13.3 Å². The number of nitrogens with zero attached hydrogens (tertiary/aromatic N) is 1. The molecule has 0 aliphatic carbocycles. The van der Waals surface area contributed by atoms with E-state index in [-0.39, 0.29) is 11.3 Å². The van der Waals surface area contributed by atoms with Gasteiger partial charge in [-0.25, -0.2) is 13.8 Å². The summed E-state index contributed by atoms with van der Waals surface area (Å²) in [6.07, 6.45) is 1.72. The average molecular weight is 222 g/mol. The largest absolute Gasteiger partial charge is 0.383 e. The first-order valence-corrected chi connectivity index (χ1v) is 5.16. The summed E-state index contributed by atoms with van der Waals surface area (Å²) in [6.45, 7) is 2.02. The second-order valence-electron chi connectivity index (χ2n) is 3.72. The molecule has 2 rings (SSSR count). The number of pyridine rings is 1. The van der Waals surface area contributed by atoms with Crippen molar-refractivity contribution in [1.29, 1.82) is 0 Å². The molecule has 16 heavy (non-hydrogen) atoms. The molecule has 1 heterocycles. The fraction of sp³-hybridized carbons (Fsp3) is 0.250. The number of nitrogens with two attached hydrogens (primary N) is 1. The molecule has 0 fully saturated rings. The van der Waals surface area contributed by atoms with E-state index in [0.29, 0.717) is 5.39 Å². The molecule has 0 atom stereocenters. The van der Waals surface area contributed by atoms with Crippen LogP contribution in [0, 0.1) is 11.6 Å². The second kappa shape index (κ2) is 4.04. The number of aryl methyl sites for hydroxylation is 1. The molecule has 2 nitrogen and oxygen atoms in total. The highest BCUT2D eigenvalue weighted by Crippen LogP contribution is 2.23. The fourth-order valence-corrected chi connectivity index (χ4v) is 1.71. The number of fused-ring (bicyclic) bond motifs is 1. The Balaban J connectivity index is 2.69. The van der Waals surface area contributed by atoms with Gasteiger partial charge in [0, 0.05) is 5.39 Å². The number of benzene rings is 1. The number of anilines is 1. The van der Waals surface area contributed by atoms with Crippen molar-refractivity contribution in [2.24, 2.45) is 0 Å². The SMILES string of the molecule is CCCc1cc2ccc(F)c(F)c2nc1N. The van der Waals surface area contributed by atoms with E-state index < -0.39 is 11.6 Å². The van der Waals surface area contributed by atoms with Gasteiger partial charge in [0.15, 0.2) is 11.6 Å². The second-order valence-corrected chi connectivity index (χ2v) is 3.72. The lowest BCUT2D eigenvalue weighted by Crippen LogP contribution is -2.00. The fourth-order valence-electron chi connectivity index (χ4n) is 1.71. The molecule has 0 unspecified atom stereocenters. The number of hydrogen-bond acceptors (Lipinski definition) is 2.